The van der Waals surface area contributed by atoms with Crippen molar-refractivity contribution in [3.8, 4) is 0 Å². The molecule has 0 bridgehead atoms. The van der Waals surface area contributed by atoms with Crippen molar-refractivity contribution in [3.05, 3.63) is 116 Å². The molecule has 1 aliphatic rings. The average molecular weight is 469 g/mol. The third kappa shape index (κ3) is 7.65. The van der Waals surface area contributed by atoms with E-state index in [1.165, 1.54) is 16.7 Å². The zero-order valence-corrected chi connectivity index (χ0v) is 19.5. The normalized spacial score (nSPS) is 18.6. The molecule has 5 heteroatoms. The van der Waals surface area contributed by atoms with Crippen molar-refractivity contribution in [2.75, 3.05) is 0 Å². The van der Waals surface area contributed by atoms with Gasteiger partial charge in [0.1, 0.15) is 0 Å². The zero-order chi connectivity index (χ0) is 23.9. The van der Waals surface area contributed by atoms with Gasteiger partial charge in [-0.05, 0) is 61.1 Å². The Labute approximate surface area is 202 Å². The topological polar surface area (TPSA) is 79.9 Å². The summed E-state index contributed by atoms with van der Waals surface area (Å²) in [5, 5.41) is 11.8. The maximum Gasteiger partial charge on any atom is 0 e. The van der Waals surface area contributed by atoms with Gasteiger partial charge in [0.05, 0.1) is 5.60 Å². The fourth-order valence-electron chi connectivity index (χ4n) is 4.45. The van der Waals surface area contributed by atoms with Gasteiger partial charge in [-0.3, -0.25) is 0 Å². The monoisotopic (exact) mass is 468 g/mol. The van der Waals surface area contributed by atoms with Crippen molar-refractivity contribution >= 4 is 0 Å². The number of allylic oxidation sites excluding steroid dienone is 1. The molecule has 0 aromatic heterocycles. The van der Waals surface area contributed by atoms with Crippen LogP contribution in [0.4, 0.5) is 0 Å². The van der Waals surface area contributed by atoms with E-state index in [2.05, 4.69) is 82.5 Å². The van der Waals surface area contributed by atoms with E-state index >= 15 is 0 Å². The third-order valence-corrected chi connectivity index (χ3v) is 5.69. The van der Waals surface area contributed by atoms with Crippen LogP contribution in [-0.4, -0.2) is 5.11 Å². The molecule has 0 spiro atoms. The van der Waals surface area contributed by atoms with Gasteiger partial charge in [0.15, 0.2) is 0 Å². The van der Waals surface area contributed by atoms with Gasteiger partial charge in [0.25, 0.3) is 0 Å². The molecule has 0 amide bonds. The third-order valence-electron chi connectivity index (χ3n) is 5.69. The number of benzene rings is 2. The van der Waals surface area contributed by atoms with E-state index in [4.69, 9.17) is 14.0 Å². The van der Waals surface area contributed by atoms with Crippen LogP contribution >= 0.6 is 0 Å². The van der Waals surface area contributed by atoms with Crippen molar-refractivity contribution < 1.29 is 36.4 Å². The van der Waals surface area contributed by atoms with Crippen LogP contribution in [0.15, 0.2) is 73.8 Å². The second-order valence-corrected chi connectivity index (χ2v) is 7.26. The molecule has 3 rings (SSSR count). The summed E-state index contributed by atoms with van der Waals surface area (Å²) in [6, 6.07) is 17.1. The Bertz CT molecular complexity index is 868. The Morgan fingerprint density at radius 3 is 2.09 bits per heavy atom. The van der Waals surface area contributed by atoms with E-state index in [1.54, 1.807) is 0 Å². The van der Waals surface area contributed by atoms with Crippen LogP contribution < -0.4 is 0 Å². The Kier molecular flexibility index (Phi) is 17.1. The number of hydrogen-bond acceptors (Lipinski definition) is 1. The van der Waals surface area contributed by atoms with Crippen LogP contribution in [0.3, 0.4) is 0 Å². The van der Waals surface area contributed by atoms with Crippen LogP contribution in [0.25, 0.3) is 0 Å². The largest absolute Gasteiger partial charge is 0 e. The summed E-state index contributed by atoms with van der Waals surface area (Å²) in [5.74, 6) is 0.414. The Morgan fingerprint density at radius 1 is 1.00 bits per heavy atom. The molecule has 166 valence electrons. The second-order valence-electron chi connectivity index (χ2n) is 7.26. The summed E-state index contributed by atoms with van der Waals surface area (Å²) < 4.78 is 22.5. The molecular formula is C27H28CrO4. The number of rotatable bonds is 6. The zero-order valence-electron chi connectivity index (χ0n) is 18.3. The molecule has 0 saturated carbocycles. The maximum atomic E-state index is 11.8. The van der Waals surface area contributed by atoms with Crippen LogP contribution in [0.2, 0.25) is 0 Å². The van der Waals surface area contributed by atoms with Gasteiger partial charge in [-0.15, -0.1) is 13.2 Å². The first-order valence-corrected chi connectivity index (χ1v) is 9.80. The minimum absolute atomic E-state index is 0. The molecule has 0 radical (unpaired) electrons. The molecule has 2 aromatic carbocycles. The van der Waals surface area contributed by atoms with Crippen molar-refractivity contribution in [3.63, 3.8) is 0 Å². The fourth-order valence-corrected chi connectivity index (χ4v) is 4.45. The number of hydrogen-bond donors (Lipinski definition) is 1. The van der Waals surface area contributed by atoms with Gasteiger partial charge in [-0.1, -0.05) is 66.2 Å². The summed E-state index contributed by atoms with van der Waals surface area (Å²) >= 11 is 0. The van der Waals surface area contributed by atoms with Gasteiger partial charge in [0, 0.05) is 17.4 Å². The number of aliphatic hydroxyl groups is 1. The summed E-state index contributed by atoms with van der Waals surface area (Å²) in [4.78, 5) is 0. The molecule has 1 N–H and O–H groups in total. The quantitative estimate of drug-likeness (QED) is 0.336. The first-order valence-electron chi connectivity index (χ1n) is 9.80. The summed E-state index contributed by atoms with van der Waals surface area (Å²) in [5.41, 5.74) is 4.03. The average Bonchev–Trinajstić information content (AvgIpc) is 2.83. The molecule has 0 saturated heterocycles. The molecule has 0 heterocycles. The summed E-state index contributed by atoms with van der Waals surface area (Å²) in [6.45, 7) is 23.5. The SMILES string of the molecule is C=CC[C@H](c1ccc(C)cc1)[C@@H]1CCc2ccccc2[C@@]1(O)CC=C.[C-]#[O+].[C-]#[O+].[C-]#[O+].[Cr]. The van der Waals surface area contributed by atoms with E-state index < -0.39 is 5.60 Å². The minimum Gasteiger partial charge on any atom is 0 e. The van der Waals surface area contributed by atoms with Crippen LogP contribution in [-0.2, 0) is 43.3 Å². The first kappa shape index (κ1) is 31.8. The van der Waals surface area contributed by atoms with E-state index in [9.17, 15) is 5.11 Å². The molecule has 2 aromatic rings. The van der Waals surface area contributed by atoms with E-state index in [0.29, 0.717) is 6.42 Å². The van der Waals surface area contributed by atoms with Gasteiger partial charge < -0.3 is 5.11 Å². The van der Waals surface area contributed by atoms with Gasteiger partial charge in [-0.25, -0.2) is 0 Å². The predicted molar refractivity (Wildman–Crippen MR) is 117 cm³/mol. The van der Waals surface area contributed by atoms with Crippen LogP contribution in [0, 0.1) is 32.8 Å². The van der Waals surface area contributed by atoms with Gasteiger partial charge >= 0.3 is 33.9 Å². The van der Waals surface area contributed by atoms with Crippen molar-refractivity contribution in [1.82, 2.24) is 0 Å². The molecule has 0 fully saturated rings. The van der Waals surface area contributed by atoms with Crippen LogP contribution in [0.1, 0.15) is 47.4 Å². The van der Waals surface area contributed by atoms with Crippen molar-refractivity contribution in [2.45, 2.75) is 44.1 Å². The fraction of sp³-hybridized carbons (Fsp3) is 0.296. The molecule has 4 nitrogen and oxygen atoms in total. The maximum absolute atomic E-state index is 11.8. The Hall–Kier alpha value is -2.37. The van der Waals surface area contributed by atoms with Crippen molar-refractivity contribution in [1.29, 1.82) is 0 Å². The van der Waals surface area contributed by atoms with Crippen molar-refractivity contribution in [2.24, 2.45) is 5.92 Å². The first-order chi connectivity index (χ1) is 15.1. The van der Waals surface area contributed by atoms with E-state index in [1.807, 2.05) is 18.2 Å². The van der Waals surface area contributed by atoms with E-state index in [-0.39, 0.29) is 29.2 Å². The Balaban J connectivity index is 0. The molecule has 1 aliphatic carbocycles. The minimum atomic E-state index is -0.866. The number of aryl methyl sites for hydroxylation is 2. The smallest absolute Gasteiger partial charge is 0 e. The summed E-state index contributed by atoms with van der Waals surface area (Å²) in [7, 11) is 0. The van der Waals surface area contributed by atoms with E-state index in [0.717, 1.165) is 24.8 Å². The van der Waals surface area contributed by atoms with Gasteiger partial charge in [0.2, 0.25) is 0 Å². The molecule has 32 heavy (non-hydrogen) atoms. The molecule has 0 unspecified atom stereocenters. The second kappa shape index (κ2) is 17.2. The predicted octanol–water partition coefficient (Wildman–Crippen LogP) is 5.57. The number of fused-ring (bicyclic) bond motifs is 1. The van der Waals surface area contributed by atoms with Gasteiger partial charge in [-0.2, -0.15) is 0 Å². The molecular weight excluding hydrogens is 440 g/mol. The Morgan fingerprint density at radius 2 is 1.56 bits per heavy atom. The van der Waals surface area contributed by atoms with Crippen LogP contribution in [0.5, 0.6) is 0 Å². The molecule has 3 atom stereocenters. The standard InChI is InChI=1S/C24H28O.3CO.Cr/c1-4-8-21(19-13-11-18(3)12-14-19)23-16-15-20-9-6-7-10-22(20)24(23,25)17-5-2;3*1-2;/h4-7,9-14,21,23,25H,1-2,8,15-17H2,3H3;;;;/t21-,23+,24+;;;;/m1..../s1. The summed E-state index contributed by atoms with van der Waals surface area (Å²) in [6.07, 6.45) is 7.28. The molecule has 0 aliphatic heterocycles.